The van der Waals surface area contributed by atoms with Crippen LogP contribution in [-0.2, 0) is 11.2 Å². The number of nitrogens with zero attached hydrogens (tertiary/aromatic N) is 4. The maximum atomic E-state index is 12.3. The number of aryl methyl sites for hydroxylation is 1. The largest absolute Gasteiger partial charge is 0.354 e. The van der Waals surface area contributed by atoms with Crippen molar-refractivity contribution in [2.45, 2.75) is 26.3 Å². The Morgan fingerprint density at radius 1 is 1.33 bits per heavy atom. The van der Waals surface area contributed by atoms with Gasteiger partial charge < -0.3 is 5.32 Å². The molecule has 24 heavy (non-hydrogen) atoms. The second-order valence-electron chi connectivity index (χ2n) is 5.58. The Morgan fingerprint density at radius 3 is 2.83 bits per heavy atom. The molecule has 0 spiro atoms. The minimum atomic E-state index is -0.0113. The molecular formula is C17H19N5OS. The summed E-state index contributed by atoms with van der Waals surface area (Å²) >= 11 is 1.57. The molecular weight excluding hydrogens is 322 g/mol. The van der Waals surface area contributed by atoms with Gasteiger partial charge in [0.15, 0.2) is 0 Å². The quantitative estimate of drug-likeness (QED) is 0.748. The number of carbonyl (C=O) groups is 1. The van der Waals surface area contributed by atoms with Gasteiger partial charge in [0.2, 0.25) is 5.91 Å². The molecule has 2 heterocycles. The van der Waals surface area contributed by atoms with Crippen LogP contribution in [0.15, 0.2) is 43.0 Å². The van der Waals surface area contributed by atoms with Crippen molar-refractivity contribution in [1.29, 1.82) is 0 Å². The molecule has 124 valence electrons. The third-order valence-electron chi connectivity index (χ3n) is 3.66. The minimum absolute atomic E-state index is 0.0113. The summed E-state index contributed by atoms with van der Waals surface area (Å²) in [4.78, 5) is 21.8. The number of amides is 1. The Morgan fingerprint density at radius 2 is 2.12 bits per heavy atom. The summed E-state index contributed by atoms with van der Waals surface area (Å²) < 4.78 is 1.73. The first-order chi connectivity index (χ1) is 11.6. The third kappa shape index (κ3) is 3.86. The predicted molar refractivity (Wildman–Crippen MR) is 93.7 cm³/mol. The van der Waals surface area contributed by atoms with Crippen molar-refractivity contribution in [2.75, 3.05) is 6.54 Å². The van der Waals surface area contributed by atoms with Crippen LogP contribution >= 0.6 is 11.3 Å². The lowest BCUT2D eigenvalue weighted by atomic mass is 10.1. The molecule has 0 unspecified atom stereocenters. The topological polar surface area (TPSA) is 72.7 Å². The molecule has 1 aromatic carbocycles. The molecule has 1 N–H and O–H groups in total. The van der Waals surface area contributed by atoms with Crippen molar-refractivity contribution in [3.63, 3.8) is 0 Å². The highest BCUT2D eigenvalue weighted by Gasteiger charge is 2.15. The molecule has 0 aliphatic rings. The highest BCUT2D eigenvalue weighted by molar-refractivity contribution is 7.12. The number of thiazole rings is 1. The van der Waals surface area contributed by atoms with E-state index in [-0.39, 0.29) is 11.9 Å². The summed E-state index contributed by atoms with van der Waals surface area (Å²) in [5.41, 5.74) is 1.94. The van der Waals surface area contributed by atoms with E-state index >= 15 is 0 Å². The fourth-order valence-electron chi connectivity index (χ4n) is 2.42. The Bertz CT molecular complexity index is 798. The van der Waals surface area contributed by atoms with E-state index in [9.17, 15) is 4.79 Å². The Labute approximate surface area is 144 Å². The van der Waals surface area contributed by atoms with Gasteiger partial charge in [0, 0.05) is 17.0 Å². The summed E-state index contributed by atoms with van der Waals surface area (Å²) in [6.07, 6.45) is 3.47. The Hall–Kier alpha value is -2.54. The van der Waals surface area contributed by atoms with Crippen LogP contribution in [-0.4, -0.2) is 32.2 Å². The van der Waals surface area contributed by atoms with Crippen molar-refractivity contribution in [1.82, 2.24) is 25.1 Å². The zero-order chi connectivity index (χ0) is 16.9. The van der Waals surface area contributed by atoms with Crippen molar-refractivity contribution in [3.8, 4) is 11.3 Å². The molecule has 7 heteroatoms. The predicted octanol–water partition coefficient (Wildman–Crippen LogP) is 2.63. The molecule has 0 bridgehead atoms. The lowest BCUT2D eigenvalue weighted by Gasteiger charge is -2.12. The lowest BCUT2D eigenvalue weighted by molar-refractivity contribution is -0.120. The van der Waals surface area contributed by atoms with Gasteiger partial charge >= 0.3 is 0 Å². The molecule has 3 rings (SSSR count). The maximum absolute atomic E-state index is 12.3. The first-order valence-corrected chi connectivity index (χ1v) is 8.57. The molecule has 2 aromatic heterocycles. The third-order valence-corrected chi connectivity index (χ3v) is 4.63. The first kappa shape index (κ1) is 16.3. The summed E-state index contributed by atoms with van der Waals surface area (Å²) in [6.45, 7) is 4.47. The zero-order valence-corrected chi connectivity index (χ0v) is 14.5. The van der Waals surface area contributed by atoms with Crippen molar-refractivity contribution < 1.29 is 4.79 Å². The second-order valence-corrected chi connectivity index (χ2v) is 6.86. The summed E-state index contributed by atoms with van der Waals surface area (Å²) in [6, 6.07) is 10.0. The molecule has 1 amide bonds. The van der Waals surface area contributed by atoms with Gasteiger partial charge in [-0.3, -0.25) is 4.79 Å². The van der Waals surface area contributed by atoms with Crippen LogP contribution in [0.5, 0.6) is 0 Å². The monoisotopic (exact) mass is 341 g/mol. The fraction of sp³-hybridized carbons (Fsp3) is 0.294. The van der Waals surface area contributed by atoms with E-state index in [1.54, 1.807) is 22.3 Å². The van der Waals surface area contributed by atoms with Gasteiger partial charge in [-0.25, -0.2) is 14.6 Å². The summed E-state index contributed by atoms with van der Waals surface area (Å²) in [5.74, 6) is -0.0113. The summed E-state index contributed by atoms with van der Waals surface area (Å²) in [7, 11) is 0. The number of hydrogen-bond acceptors (Lipinski definition) is 5. The summed E-state index contributed by atoms with van der Waals surface area (Å²) in [5, 5.41) is 8.01. The molecule has 3 aromatic rings. The van der Waals surface area contributed by atoms with E-state index in [4.69, 9.17) is 0 Å². The van der Waals surface area contributed by atoms with Crippen LogP contribution < -0.4 is 5.32 Å². The van der Waals surface area contributed by atoms with E-state index in [2.05, 4.69) is 20.4 Å². The molecule has 0 saturated heterocycles. The van der Waals surface area contributed by atoms with Gasteiger partial charge in [0.05, 0.1) is 23.2 Å². The molecule has 0 aliphatic carbocycles. The van der Waals surface area contributed by atoms with Crippen LogP contribution in [0.25, 0.3) is 11.3 Å². The van der Waals surface area contributed by atoms with Crippen LogP contribution in [0.2, 0.25) is 0 Å². The molecule has 0 radical (unpaired) electrons. The van der Waals surface area contributed by atoms with Crippen LogP contribution in [0.1, 0.15) is 22.9 Å². The second kappa shape index (κ2) is 7.35. The van der Waals surface area contributed by atoms with Crippen LogP contribution in [0, 0.1) is 6.92 Å². The maximum Gasteiger partial charge on any atom is 0.225 e. The highest BCUT2D eigenvalue weighted by atomic mass is 32.1. The van der Waals surface area contributed by atoms with Gasteiger partial charge in [-0.2, -0.15) is 5.10 Å². The van der Waals surface area contributed by atoms with Gasteiger partial charge in [0.1, 0.15) is 12.7 Å². The molecule has 0 fully saturated rings. The van der Waals surface area contributed by atoms with Gasteiger partial charge in [0.25, 0.3) is 0 Å². The van der Waals surface area contributed by atoms with Gasteiger partial charge in [-0.05, 0) is 13.8 Å². The first-order valence-electron chi connectivity index (χ1n) is 7.76. The molecule has 1 atom stereocenters. The number of hydrogen-bond donors (Lipinski definition) is 1. The van der Waals surface area contributed by atoms with Gasteiger partial charge in [-0.15, -0.1) is 11.3 Å². The number of carbonyl (C=O) groups excluding carboxylic acids is 1. The van der Waals surface area contributed by atoms with E-state index < -0.39 is 0 Å². The smallest absolute Gasteiger partial charge is 0.225 e. The minimum Gasteiger partial charge on any atom is -0.354 e. The van der Waals surface area contributed by atoms with Crippen molar-refractivity contribution in [3.05, 3.63) is 52.9 Å². The lowest BCUT2D eigenvalue weighted by Crippen LogP contribution is -2.30. The van der Waals surface area contributed by atoms with E-state index in [0.717, 1.165) is 21.1 Å². The average molecular weight is 341 g/mol. The standard InChI is InChI=1S/C17H19N5OS/c1-12(22-11-18-10-20-22)9-19-16(23)8-15-17(21-13(2)24-15)14-6-4-3-5-7-14/h3-7,10-12H,8-9H2,1-2H3,(H,19,23)/t12-/m0/s1. The normalized spacial score (nSPS) is 12.1. The van der Waals surface area contributed by atoms with E-state index in [1.165, 1.54) is 6.33 Å². The molecule has 0 saturated carbocycles. The SMILES string of the molecule is Cc1nc(-c2ccccc2)c(CC(=O)NC[C@H](C)n2cncn2)s1. The number of nitrogens with one attached hydrogen (secondary N) is 1. The fourth-order valence-corrected chi connectivity index (χ4v) is 3.38. The number of rotatable bonds is 6. The molecule has 0 aliphatic heterocycles. The van der Waals surface area contributed by atoms with Gasteiger partial charge in [-0.1, -0.05) is 30.3 Å². The van der Waals surface area contributed by atoms with Crippen molar-refractivity contribution >= 4 is 17.2 Å². The molecule has 6 nitrogen and oxygen atoms in total. The Kier molecular flexibility index (Phi) is 5.00. The van der Waals surface area contributed by atoms with Crippen molar-refractivity contribution in [2.24, 2.45) is 0 Å². The van der Waals surface area contributed by atoms with Crippen LogP contribution in [0.4, 0.5) is 0 Å². The van der Waals surface area contributed by atoms with E-state index in [1.807, 2.05) is 44.2 Å². The zero-order valence-electron chi connectivity index (χ0n) is 13.6. The highest BCUT2D eigenvalue weighted by Crippen LogP contribution is 2.28. The Balaban J connectivity index is 1.65. The average Bonchev–Trinajstić information content (AvgIpc) is 3.23. The number of aromatic nitrogens is 4. The van der Waals surface area contributed by atoms with E-state index in [0.29, 0.717) is 13.0 Å². The number of benzene rings is 1. The van der Waals surface area contributed by atoms with Crippen LogP contribution in [0.3, 0.4) is 0 Å².